The van der Waals surface area contributed by atoms with Crippen LogP contribution in [0.1, 0.15) is 119 Å². The van der Waals surface area contributed by atoms with Gasteiger partial charge in [0, 0.05) is 167 Å². The number of primary amides is 1. The zero-order valence-corrected chi connectivity index (χ0v) is 80.6. The number of fused-ring (bicyclic) bond motifs is 2. The first-order chi connectivity index (χ1) is 67.8. The van der Waals surface area contributed by atoms with Gasteiger partial charge in [-0.1, -0.05) is 72.8 Å². The van der Waals surface area contributed by atoms with E-state index in [1.165, 1.54) is 83.6 Å². The lowest BCUT2D eigenvalue weighted by atomic mass is 9.99. The summed E-state index contributed by atoms with van der Waals surface area (Å²) >= 11 is 0. The van der Waals surface area contributed by atoms with E-state index >= 15 is 43.2 Å². The molecule has 5 aromatic carbocycles. The molecule has 0 bridgehead atoms. The Bertz CT molecular complexity index is 5560. The number of carboxylic acids is 2. The van der Waals surface area contributed by atoms with Crippen molar-refractivity contribution in [2.45, 2.75) is 189 Å². The third-order valence-corrected chi connectivity index (χ3v) is 25.9. The van der Waals surface area contributed by atoms with Gasteiger partial charge in [0.2, 0.25) is 88.6 Å². The number of aromatic nitrogens is 2. The second kappa shape index (κ2) is 53.2. The minimum Gasteiger partial charge on any atom is -0.508 e. The van der Waals surface area contributed by atoms with Crippen molar-refractivity contribution in [3.8, 4) is 11.5 Å². The van der Waals surface area contributed by atoms with Gasteiger partial charge >= 0.3 is 11.9 Å². The van der Waals surface area contributed by atoms with Crippen LogP contribution in [0.25, 0.3) is 21.8 Å². The van der Waals surface area contributed by atoms with Gasteiger partial charge < -0.3 is 114 Å². The topological polar surface area (TPSA) is 592 Å². The summed E-state index contributed by atoms with van der Waals surface area (Å²) in [5.41, 5.74) is 9.30. The number of halogens is 1. The molecule has 2 saturated heterocycles. The lowest BCUT2D eigenvalue weighted by Gasteiger charge is -2.36. The van der Waals surface area contributed by atoms with Gasteiger partial charge in [-0.3, -0.25) is 96.2 Å². The predicted molar refractivity (Wildman–Crippen MR) is 518 cm³/mol. The molecule has 15 amide bonds. The van der Waals surface area contributed by atoms with E-state index in [-0.39, 0.29) is 178 Å². The lowest BCUT2D eigenvalue weighted by molar-refractivity contribution is -0.150. The highest BCUT2D eigenvalue weighted by Gasteiger charge is 2.46. The Labute approximate surface area is 820 Å². The number of aliphatic carboxylic acids is 2. The number of nitrogens with one attached hydrogen (secondary N) is 12. The van der Waals surface area contributed by atoms with Crippen LogP contribution in [0.3, 0.4) is 0 Å². The van der Waals surface area contributed by atoms with E-state index in [1.807, 2.05) is 0 Å². The van der Waals surface area contributed by atoms with Crippen LogP contribution in [0, 0.1) is 11.7 Å². The standard InChI is InChI=1S/C99H131FN20O22/c1-59(122)102-39-15-13-23-80-94(137)111-77(50-66-53-105-73-37-36-69(125)51-71(66)73)92(135)110-78(49-65-52-104-72-20-11-10-19-70(65)72)93(136)113-88(64-30-31-64)99(142)117(6)83(98(141)116(5)82(48-63-25-32-67(100)33-26-63)95(138)108-74(89(101)132)21-12-14-40-103-85(127)55-118-41-43-119(56-86(128)129)45-46-120(44-42-118)57-87(130)131)54-106-84(126)24-16-22-75(107-60(2)123)90(133)109-76(47-62-27-34-68(124)35-28-62)91(134)112-79(58-121)96(139)115(4)81(97(140)114(80)3)38-29-61-17-8-7-9-18-61/h7-11,17-20,25-28,32-37,51-53,64,74-83,88,104-105,121,124-125H,12-16,21-24,29-31,38-50,54-58H2,1-6H3,(H2,101,132)(H,102,122)(H,103,127)(H,106,126)(H,107,123)(H,108,138)(H,109,133)(H,110,135)(H,111,137)(H,112,134)(H,113,136)(H,128,129)(H,130,131)/t74-,75-,76-,77-,78-,79-,80-,81-,82-,83-,88-/m0/s1. The van der Waals surface area contributed by atoms with E-state index in [2.05, 4.69) is 63.1 Å². The molecule has 42 nitrogen and oxygen atoms in total. The quantitative estimate of drug-likeness (QED) is 0.0227. The zero-order valence-electron chi connectivity index (χ0n) is 80.6. The van der Waals surface area contributed by atoms with Gasteiger partial charge in [0.25, 0.3) is 0 Å². The fraction of sp³-hybridized carbons (Fsp3) is 0.485. The summed E-state index contributed by atoms with van der Waals surface area (Å²) in [5, 5.41) is 79.9. The molecule has 766 valence electrons. The number of aromatic amines is 2. The Morgan fingerprint density at radius 1 is 0.535 bits per heavy atom. The maximum absolute atomic E-state index is 16.1. The summed E-state index contributed by atoms with van der Waals surface area (Å²) in [7, 11) is 4.99. The van der Waals surface area contributed by atoms with E-state index < -0.39 is 199 Å². The molecule has 3 aliphatic rings. The largest absolute Gasteiger partial charge is 0.508 e. The number of phenols is 2. The fourth-order valence-electron chi connectivity index (χ4n) is 17.6. The number of amides is 15. The zero-order chi connectivity index (χ0) is 103. The van der Waals surface area contributed by atoms with Crippen LogP contribution >= 0.6 is 0 Å². The number of carbonyl (C=O) groups is 17. The molecule has 2 aliphatic heterocycles. The van der Waals surface area contributed by atoms with Crippen LogP contribution in [-0.2, 0) is 114 Å². The molecule has 10 rings (SSSR count). The average Bonchev–Trinajstić information content (AvgIpc) is 1.57. The van der Waals surface area contributed by atoms with E-state index in [0.29, 0.717) is 56.9 Å². The molecule has 7 aromatic rings. The number of carboxylic acid groups (broad SMARTS) is 2. The van der Waals surface area contributed by atoms with Crippen molar-refractivity contribution in [3.63, 3.8) is 0 Å². The Morgan fingerprint density at radius 3 is 1.68 bits per heavy atom. The number of rotatable bonds is 35. The number of para-hydroxylation sites is 1. The van der Waals surface area contributed by atoms with E-state index in [0.717, 1.165) is 38.7 Å². The molecule has 0 radical (unpaired) electrons. The van der Waals surface area contributed by atoms with Crippen molar-refractivity contribution in [2.75, 3.05) is 113 Å². The number of nitrogens with two attached hydrogens (primary N) is 1. The number of hydrogen-bond acceptors (Lipinski definition) is 23. The SMILES string of the molecule is CC(=O)NCCCC[C@H]1C(=O)N[C@@H](Cc2c[nH]c3ccc(O)cc23)C(=O)N[C@@H](Cc2c[nH]c3ccccc23)C(=O)N[C@@H](C2CC2)C(=O)N(C)[C@H](C(=O)N(C)[C@@H](Cc2ccc(F)cc2)C(=O)N[C@@H](CCCCNC(=O)CN2CCN(CC(=O)O)CCN(CC(=O)O)CC2)C(N)=O)CNC(=O)CCC[C@H](NC(C)=O)C(=O)N[C@@H](Cc2ccc(O)cc2)C(=O)N[C@@H](CO)C(=O)N(C)[C@@H](CCc2ccccc2)C(=O)N1C. The first-order valence-corrected chi connectivity index (χ1v) is 47.7. The number of aryl methyl sites for hydroxylation is 1. The van der Waals surface area contributed by atoms with E-state index in [4.69, 9.17) is 5.73 Å². The molecule has 0 unspecified atom stereocenters. The molecular weight excluding hydrogens is 1840 g/mol. The predicted octanol–water partition coefficient (Wildman–Crippen LogP) is -0.306. The summed E-state index contributed by atoms with van der Waals surface area (Å²) in [6.45, 7) is 1.73. The van der Waals surface area contributed by atoms with Crippen LogP contribution in [0.2, 0.25) is 0 Å². The van der Waals surface area contributed by atoms with Crippen molar-refractivity contribution >= 4 is 122 Å². The summed E-state index contributed by atoms with van der Waals surface area (Å²) < 4.78 is 14.8. The maximum atomic E-state index is 16.1. The second-order valence-electron chi connectivity index (χ2n) is 36.5. The Kier molecular flexibility index (Phi) is 41.1. The number of H-pyrrole nitrogens is 2. The van der Waals surface area contributed by atoms with Crippen molar-refractivity contribution in [1.29, 1.82) is 0 Å². The first kappa shape index (κ1) is 110. The van der Waals surface area contributed by atoms with E-state index in [9.17, 15) is 68.3 Å². The van der Waals surface area contributed by atoms with Crippen molar-refractivity contribution in [3.05, 3.63) is 167 Å². The highest BCUT2D eigenvalue weighted by molar-refractivity contribution is 6.01. The van der Waals surface area contributed by atoms with Crippen LogP contribution < -0.4 is 58.9 Å². The Hall–Kier alpha value is -14.5. The normalized spacial score (nSPS) is 21.1. The molecular formula is C99H131FN20O22. The highest BCUT2D eigenvalue weighted by atomic mass is 19.1. The average molecular weight is 1970 g/mol. The van der Waals surface area contributed by atoms with Gasteiger partial charge in [-0.05, 0) is 159 Å². The van der Waals surface area contributed by atoms with Gasteiger partial charge in [0.15, 0.2) is 0 Å². The molecule has 4 heterocycles. The molecule has 1 aliphatic carbocycles. The smallest absolute Gasteiger partial charge is 0.317 e. The number of benzene rings is 5. The maximum Gasteiger partial charge on any atom is 0.317 e. The van der Waals surface area contributed by atoms with Crippen LogP contribution in [0.15, 0.2) is 134 Å². The third kappa shape index (κ3) is 32.8. The van der Waals surface area contributed by atoms with Crippen molar-refractivity contribution in [1.82, 2.24) is 97.4 Å². The first-order valence-electron chi connectivity index (χ1n) is 47.7. The molecule has 19 N–H and O–H groups in total. The minimum atomic E-state index is -1.87. The number of nitrogens with zero attached hydrogens (tertiary/aromatic N) is 7. The van der Waals surface area contributed by atoms with Crippen molar-refractivity contribution < 1.29 is 111 Å². The van der Waals surface area contributed by atoms with Crippen molar-refractivity contribution in [2.24, 2.45) is 11.7 Å². The van der Waals surface area contributed by atoms with Crippen LogP contribution in [0.5, 0.6) is 11.5 Å². The van der Waals surface area contributed by atoms with Crippen LogP contribution in [-0.4, -0.2) is 350 Å². The highest BCUT2D eigenvalue weighted by Crippen LogP contribution is 2.35. The number of unbranched alkanes of at least 4 members (excludes halogenated alkanes) is 2. The Morgan fingerprint density at radius 2 is 1.08 bits per heavy atom. The minimum absolute atomic E-state index is 0.0674. The molecule has 142 heavy (non-hydrogen) atoms. The van der Waals surface area contributed by atoms with Crippen LogP contribution in [0.4, 0.5) is 4.39 Å². The number of likely N-dealkylation sites (N-methyl/N-ethyl adjacent to an activating group) is 4. The summed E-state index contributed by atoms with van der Waals surface area (Å²) in [6.07, 6.45) is 1.82. The van der Waals surface area contributed by atoms with Gasteiger partial charge in [-0.15, -0.1) is 0 Å². The number of phenolic OH excluding ortho intramolecular Hbond substituents is 2. The molecule has 1 saturated carbocycles. The number of aromatic hydroxyl groups is 2. The van der Waals surface area contributed by atoms with Gasteiger partial charge in [-0.2, -0.15) is 0 Å². The molecule has 2 aromatic heterocycles. The molecule has 43 heteroatoms. The summed E-state index contributed by atoms with van der Waals surface area (Å²) in [6, 6.07) is 12.8. The van der Waals surface area contributed by atoms with Gasteiger partial charge in [-0.25, -0.2) is 4.39 Å². The number of carbonyl (C=O) groups excluding carboxylic acids is 15. The monoisotopic (exact) mass is 1970 g/mol. The number of aliphatic hydroxyl groups is 1. The summed E-state index contributed by atoms with van der Waals surface area (Å²) in [4.78, 5) is 262. The molecule has 0 spiro atoms. The van der Waals surface area contributed by atoms with Gasteiger partial charge in [0.1, 0.15) is 83.8 Å². The van der Waals surface area contributed by atoms with Gasteiger partial charge in [0.05, 0.1) is 26.2 Å². The number of aliphatic hydroxyl groups excluding tert-OH is 1. The second-order valence-corrected chi connectivity index (χ2v) is 36.5. The lowest BCUT2D eigenvalue weighted by Crippen LogP contribution is -2.63. The third-order valence-electron chi connectivity index (χ3n) is 25.9. The molecule has 11 atom stereocenters. The summed E-state index contributed by atoms with van der Waals surface area (Å²) in [5.74, 6) is -17.0. The Balaban J connectivity index is 1.01. The fourth-order valence-corrected chi connectivity index (χ4v) is 17.6. The number of hydrogen-bond donors (Lipinski definition) is 18. The molecule has 3 fully saturated rings. The van der Waals surface area contributed by atoms with E-state index in [1.54, 1.807) is 87.8 Å².